The van der Waals surface area contributed by atoms with Crippen LogP contribution in [0.25, 0.3) is 10.9 Å². The van der Waals surface area contributed by atoms with Crippen LogP contribution in [0.15, 0.2) is 89.1 Å². The number of carbonyl (C=O) groups excluding carboxylic acids is 1. The zero-order valence-electron chi connectivity index (χ0n) is 18.1. The minimum Gasteiger partial charge on any atom is -0.354 e. The summed E-state index contributed by atoms with van der Waals surface area (Å²) in [4.78, 5) is 34.7. The standard InChI is InChI=1S/C26H24N4O2S/c31-23(28-18-26(12-13-26)20-8-2-1-3-9-20)17-33-25-29-22-11-5-4-10-21(22)24(32)30(25)16-19-7-6-14-27-15-19/h1-11,14-15H,12-13,16-18H2,(H,28,31). The molecule has 1 amide bonds. The largest absolute Gasteiger partial charge is 0.354 e. The van der Waals surface area contributed by atoms with Gasteiger partial charge in [-0.3, -0.25) is 19.1 Å². The maximum atomic E-state index is 13.2. The van der Waals surface area contributed by atoms with Gasteiger partial charge in [-0.1, -0.05) is 60.3 Å². The van der Waals surface area contributed by atoms with Gasteiger partial charge in [-0.2, -0.15) is 0 Å². The summed E-state index contributed by atoms with van der Waals surface area (Å²) in [6.07, 6.45) is 5.61. The average Bonchev–Trinajstić information content (AvgIpc) is 3.66. The van der Waals surface area contributed by atoms with E-state index in [1.807, 2.05) is 48.5 Å². The Morgan fingerprint density at radius 2 is 1.82 bits per heavy atom. The smallest absolute Gasteiger partial charge is 0.262 e. The van der Waals surface area contributed by atoms with Gasteiger partial charge in [0.1, 0.15) is 0 Å². The van der Waals surface area contributed by atoms with Crippen LogP contribution >= 0.6 is 11.8 Å². The molecule has 2 aromatic heterocycles. The minimum atomic E-state index is -0.117. The van der Waals surface area contributed by atoms with Gasteiger partial charge < -0.3 is 5.32 Å². The van der Waals surface area contributed by atoms with E-state index < -0.39 is 0 Å². The Balaban J connectivity index is 1.32. The number of pyridine rings is 1. The van der Waals surface area contributed by atoms with Gasteiger partial charge in [-0.25, -0.2) is 4.98 Å². The molecule has 1 aliphatic rings. The van der Waals surface area contributed by atoms with Crippen molar-refractivity contribution in [2.45, 2.75) is 30.0 Å². The van der Waals surface area contributed by atoms with E-state index in [1.165, 1.54) is 17.3 Å². The highest BCUT2D eigenvalue weighted by molar-refractivity contribution is 7.99. The van der Waals surface area contributed by atoms with Crippen molar-refractivity contribution in [2.24, 2.45) is 0 Å². The summed E-state index contributed by atoms with van der Waals surface area (Å²) < 4.78 is 1.63. The number of amides is 1. The molecule has 5 rings (SSSR count). The molecule has 0 bridgehead atoms. The molecule has 1 fully saturated rings. The first-order valence-corrected chi connectivity index (χ1v) is 12.0. The number of fused-ring (bicyclic) bond motifs is 1. The fourth-order valence-corrected chi connectivity index (χ4v) is 4.86. The van der Waals surface area contributed by atoms with E-state index in [4.69, 9.17) is 4.98 Å². The van der Waals surface area contributed by atoms with E-state index in [-0.39, 0.29) is 22.6 Å². The zero-order valence-corrected chi connectivity index (χ0v) is 18.9. The number of nitrogens with one attached hydrogen (secondary N) is 1. The Hall–Kier alpha value is -3.45. The van der Waals surface area contributed by atoms with Crippen LogP contribution in [0.2, 0.25) is 0 Å². The summed E-state index contributed by atoms with van der Waals surface area (Å²) >= 11 is 1.29. The molecule has 4 aromatic rings. The zero-order chi connectivity index (χ0) is 22.7. The van der Waals surface area contributed by atoms with Gasteiger partial charge in [0.25, 0.3) is 5.56 Å². The molecule has 2 heterocycles. The number of thioether (sulfide) groups is 1. The van der Waals surface area contributed by atoms with Crippen molar-refractivity contribution in [3.05, 3.63) is 101 Å². The molecular formula is C26H24N4O2S. The van der Waals surface area contributed by atoms with Gasteiger partial charge in [0.15, 0.2) is 5.16 Å². The molecule has 0 saturated heterocycles. The predicted molar refractivity (Wildman–Crippen MR) is 130 cm³/mol. The van der Waals surface area contributed by atoms with Crippen LogP contribution in [0.4, 0.5) is 0 Å². The van der Waals surface area contributed by atoms with E-state index in [2.05, 4.69) is 22.4 Å². The molecule has 1 N–H and O–H groups in total. The van der Waals surface area contributed by atoms with Gasteiger partial charge in [0.05, 0.1) is 23.2 Å². The number of hydrogen-bond acceptors (Lipinski definition) is 5. The summed E-state index contributed by atoms with van der Waals surface area (Å²) in [5.74, 6) is 0.139. The lowest BCUT2D eigenvalue weighted by Crippen LogP contribution is -2.33. The molecule has 7 heteroatoms. The van der Waals surface area contributed by atoms with Crippen LogP contribution in [0.3, 0.4) is 0 Å². The maximum Gasteiger partial charge on any atom is 0.262 e. The van der Waals surface area contributed by atoms with Crippen LogP contribution < -0.4 is 10.9 Å². The summed E-state index contributed by atoms with van der Waals surface area (Å²) in [6.45, 7) is 0.982. The maximum absolute atomic E-state index is 13.2. The lowest BCUT2D eigenvalue weighted by molar-refractivity contribution is -0.118. The Labute approximate surface area is 196 Å². The van der Waals surface area contributed by atoms with Crippen LogP contribution in [0, 0.1) is 0 Å². The van der Waals surface area contributed by atoms with Crippen molar-refractivity contribution in [2.75, 3.05) is 12.3 Å². The number of para-hydroxylation sites is 1. The molecule has 1 saturated carbocycles. The molecule has 2 aromatic carbocycles. The number of nitrogens with zero attached hydrogens (tertiary/aromatic N) is 3. The molecular weight excluding hydrogens is 432 g/mol. The Morgan fingerprint density at radius 1 is 1.03 bits per heavy atom. The first-order valence-electron chi connectivity index (χ1n) is 11.0. The molecule has 166 valence electrons. The van der Waals surface area contributed by atoms with E-state index in [1.54, 1.807) is 23.0 Å². The van der Waals surface area contributed by atoms with Gasteiger partial charge in [-0.15, -0.1) is 0 Å². The molecule has 6 nitrogen and oxygen atoms in total. The van der Waals surface area contributed by atoms with Gasteiger partial charge in [0, 0.05) is 24.4 Å². The normalized spacial score (nSPS) is 14.2. The predicted octanol–water partition coefficient (Wildman–Crippen LogP) is 3.78. The third-order valence-electron chi connectivity index (χ3n) is 6.09. The first kappa shape index (κ1) is 21.4. The third kappa shape index (κ3) is 4.68. The summed E-state index contributed by atoms with van der Waals surface area (Å²) in [5.41, 5.74) is 2.76. The average molecular weight is 457 g/mol. The highest BCUT2D eigenvalue weighted by Gasteiger charge is 2.44. The molecule has 1 aliphatic carbocycles. The number of benzene rings is 2. The second kappa shape index (κ2) is 9.19. The monoisotopic (exact) mass is 456 g/mol. The summed E-state index contributed by atoms with van der Waals surface area (Å²) in [6, 6.07) is 21.4. The van der Waals surface area contributed by atoms with E-state index in [0.29, 0.717) is 29.1 Å². The number of rotatable bonds is 8. The molecule has 0 unspecified atom stereocenters. The van der Waals surface area contributed by atoms with Gasteiger partial charge in [0.2, 0.25) is 5.91 Å². The lowest BCUT2D eigenvalue weighted by atomic mass is 9.96. The SMILES string of the molecule is O=C(CSc1nc2ccccc2c(=O)n1Cc1cccnc1)NCC1(c2ccccc2)CC1. The fourth-order valence-electron chi connectivity index (χ4n) is 4.03. The van der Waals surface area contributed by atoms with Crippen LogP contribution in [-0.4, -0.2) is 32.7 Å². The highest BCUT2D eigenvalue weighted by Crippen LogP contribution is 2.47. The first-order chi connectivity index (χ1) is 16.1. The van der Waals surface area contributed by atoms with E-state index in [0.717, 1.165) is 18.4 Å². The molecule has 0 spiro atoms. The Morgan fingerprint density at radius 3 is 2.58 bits per heavy atom. The van der Waals surface area contributed by atoms with Crippen molar-refractivity contribution in [1.82, 2.24) is 19.9 Å². The topological polar surface area (TPSA) is 76.9 Å². The minimum absolute atomic E-state index is 0.0578. The van der Waals surface area contributed by atoms with Crippen molar-refractivity contribution < 1.29 is 4.79 Å². The van der Waals surface area contributed by atoms with Gasteiger partial charge in [-0.05, 0) is 42.2 Å². The number of hydrogen-bond donors (Lipinski definition) is 1. The van der Waals surface area contributed by atoms with Crippen molar-refractivity contribution in [3.8, 4) is 0 Å². The van der Waals surface area contributed by atoms with Crippen molar-refractivity contribution in [1.29, 1.82) is 0 Å². The highest BCUT2D eigenvalue weighted by atomic mass is 32.2. The number of carbonyl (C=O) groups is 1. The van der Waals surface area contributed by atoms with Crippen molar-refractivity contribution in [3.63, 3.8) is 0 Å². The summed E-state index contributed by atoms with van der Waals surface area (Å²) in [7, 11) is 0. The molecule has 0 atom stereocenters. The van der Waals surface area contributed by atoms with Crippen LogP contribution in [0.5, 0.6) is 0 Å². The Kier molecular flexibility index (Phi) is 5.96. The second-order valence-electron chi connectivity index (χ2n) is 8.38. The summed E-state index contributed by atoms with van der Waals surface area (Å²) in [5, 5.41) is 4.18. The van der Waals surface area contributed by atoms with Crippen LogP contribution in [-0.2, 0) is 16.8 Å². The molecule has 33 heavy (non-hydrogen) atoms. The quantitative estimate of drug-likeness (QED) is 0.323. The van der Waals surface area contributed by atoms with E-state index >= 15 is 0 Å². The van der Waals surface area contributed by atoms with Gasteiger partial charge >= 0.3 is 0 Å². The van der Waals surface area contributed by atoms with E-state index in [9.17, 15) is 9.59 Å². The van der Waals surface area contributed by atoms with Crippen molar-refractivity contribution >= 4 is 28.6 Å². The fraction of sp³-hybridized carbons (Fsp3) is 0.231. The second-order valence-corrected chi connectivity index (χ2v) is 9.32. The molecule has 0 aliphatic heterocycles. The lowest BCUT2D eigenvalue weighted by Gasteiger charge is -2.17. The number of aromatic nitrogens is 3. The third-order valence-corrected chi connectivity index (χ3v) is 7.06. The Bertz CT molecular complexity index is 1340. The van der Waals surface area contributed by atoms with Crippen LogP contribution in [0.1, 0.15) is 24.0 Å². The molecule has 0 radical (unpaired) electrons.